The Balaban J connectivity index is 1.95. The largest absolute Gasteiger partial charge is 0.368 e. The third-order valence-corrected chi connectivity index (χ3v) is 3.62. The summed E-state index contributed by atoms with van der Waals surface area (Å²) in [7, 11) is 0. The van der Waals surface area contributed by atoms with Crippen molar-refractivity contribution in [3.8, 4) is 0 Å². The van der Waals surface area contributed by atoms with Gasteiger partial charge in [-0.25, -0.2) is 4.79 Å². The third-order valence-electron chi connectivity index (χ3n) is 3.62. The minimum atomic E-state index is -0.179. The maximum Gasteiger partial charge on any atom is 0.317 e. The molecule has 116 valence electrons. The number of benzene rings is 1. The van der Waals surface area contributed by atoms with Crippen molar-refractivity contribution in [2.45, 2.75) is 40.2 Å². The Morgan fingerprint density at radius 2 is 1.52 bits per heavy atom. The van der Waals surface area contributed by atoms with Crippen molar-refractivity contribution in [2.75, 3.05) is 31.1 Å². The lowest BCUT2D eigenvalue weighted by molar-refractivity contribution is 0.185. The van der Waals surface area contributed by atoms with Gasteiger partial charge in [0.2, 0.25) is 0 Å². The molecule has 0 spiro atoms. The Kier molecular flexibility index (Phi) is 4.45. The molecule has 0 saturated carbocycles. The number of piperazine rings is 1. The molecule has 0 unspecified atom stereocenters. The molecule has 1 fully saturated rings. The van der Waals surface area contributed by atoms with Crippen molar-refractivity contribution in [1.82, 2.24) is 10.2 Å². The van der Waals surface area contributed by atoms with Gasteiger partial charge in [0.15, 0.2) is 0 Å². The Morgan fingerprint density at radius 1 is 1.00 bits per heavy atom. The van der Waals surface area contributed by atoms with Crippen LogP contribution in [0.2, 0.25) is 0 Å². The highest BCUT2D eigenvalue weighted by molar-refractivity contribution is 5.75. The van der Waals surface area contributed by atoms with Gasteiger partial charge in [-0.2, -0.15) is 0 Å². The van der Waals surface area contributed by atoms with Crippen LogP contribution in [-0.2, 0) is 0 Å². The third kappa shape index (κ3) is 4.38. The zero-order valence-electron chi connectivity index (χ0n) is 13.9. The average molecular weight is 289 g/mol. The van der Waals surface area contributed by atoms with E-state index in [9.17, 15) is 4.79 Å². The molecule has 2 amide bonds. The highest BCUT2D eigenvalue weighted by Gasteiger charge is 2.24. The summed E-state index contributed by atoms with van der Waals surface area (Å²) in [6, 6.07) is 6.68. The summed E-state index contributed by atoms with van der Waals surface area (Å²) in [4.78, 5) is 16.4. The van der Waals surface area contributed by atoms with Crippen LogP contribution in [0, 0.1) is 13.8 Å². The fraction of sp³-hybridized carbons (Fsp3) is 0.588. The average Bonchev–Trinajstić information content (AvgIpc) is 2.35. The standard InChI is InChI=1S/C17H27N3O/c1-13-10-14(2)12-15(11-13)19-6-8-20(9-7-19)16(21)18-17(3,4)5/h10-12H,6-9H2,1-5H3,(H,18,21). The van der Waals surface area contributed by atoms with Gasteiger partial charge in [-0.1, -0.05) is 6.07 Å². The van der Waals surface area contributed by atoms with Crippen LogP contribution in [0.25, 0.3) is 0 Å². The first-order valence-electron chi connectivity index (χ1n) is 7.65. The summed E-state index contributed by atoms with van der Waals surface area (Å²) in [5.74, 6) is 0. The van der Waals surface area contributed by atoms with Crippen molar-refractivity contribution >= 4 is 11.7 Å². The second-order valence-electron chi connectivity index (χ2n) is 7.00. The lowest BCUT2D eigenvalue weighted by atomic mass is 10.1. The van der Waals surface area contributed by atoms with Crippen molar-refractivity contribution in [2.24, 2.45) is 0 Å². The molecule has 4 heteroatoms. The number of carbonyl (C=O) groups excluding carboxylic acids is 1. The lowest BCUT2D eigenvalue weighted by Gasteiger charge is -2.37. The van der Waals surface area contributed by atoms with Gasteiger partial charge in [0.25, 0.3) is 0 Å². The van der Waals surface area contributed by atoms with Crippen LogP contribution in [0.5, 0.6) is 0 Å². The highest BCUT2D eigenvalue weighted by Crippen LogP contribution is 2.20. The summed E-state index contributed by atoms with van der Waals surface area (Å²) in [5.41, 5.74) is 3.67. The van der Waals surface area contributed by atoms with Crippen molar-refractivity contribution in [3.05, 3.63) is 29.3 Å². The molecule has 0 radical (unpaired) electrons. The van der Waals surface area contributed by atoms with Gasteiger partial charge in [-0.3, -0.25) is 0 Å². The number of hydrogen-bond donors (Lipinski definition) is 1. The number of hydrogen-bond acceptors (Lipinski definition) is 2. The fourth-order valence-electron chi connectivity index (χ4n) is 2.70. The number of amides is 2. The van der Waals surface area contributed by atoms with Crippen molar-refractivity contribution in [1.29, 1.82) is 0 Å². The van der Waals surface area contributed by atoms with E-state index in [4.69, 9.17) is 0 Å². The van der Waals surface area contributed by atoms with E-state index in [1.165, 1.54) is 16.8 Å². The van der Waals surface area contributed by atoms with Gasteiger partial charge < -0.3 is 15.1 Å². The Morgan fingerprint density at radius 3 is 2.00 bits per heavy atom. The Hall–Kier alpha value is -1.71. The lowest BCUT2D eigenvalue weighted by Crippen LogP contribution is -2.55. The van der Waals surface area contributed by atoms with Crippen LogP contribution >= 0.6 is 0 Å². The Labute approximate surface area is 128 Å². The molecule has 1 saturated heterocycles. The molecule has 21 heavy (non-hydrogen) atoms. The van der Waals surface area contributed by atoms with E-state index >= 15 is 0 Å². The van der Waals surface area contributed by atoms with Gasteiger partial charge in [0.05, 0.1) is 0 Å². The summed E-state index contributed by atoms with van der Waals surface area (Å²) >= 11 is 0. The maximum atomic E-state index is 12.2. The molecule has 4 nitrogen and oxygen atoms in total. The van der Waals surface area contributed by atoms with E-state index in [1.807, 2.05) is 25.7 Å². The number of urea groups is 1. The van der Waals surface area contributed by atoms with Gasteiger partial charge >= 0.3 is 6.03 Å². The van der Waals surface area contributed by atoms with E-state index < -0.39 is 0 Å². The number of nitrogens with one attached hydrogen (secondary N) is 1. The molecule has 2 rings (SSSR count). The number of carbonyl (C=O) groups is 1. The molecule has 0 aromatic heterocycles. The quantitative estimate of drug-likeness (QED) is 0.863. The molecule has 1 heterocycles. The summed E-state index contributed by atoms with van der Waals surface area (Å²) in [5, 5.41) is 3.03. The smallest absolute Gasteiger partial charge is 0.317 e. The molecular weight excluding hydrogens is 262 g/mol. The zero-order chi connectivity index (χ0) is 15.6. The van der Waals surface area contributed by atoms with Crippen LogP contribution in [0.1, 0.15) is 31.9 Å². The molecule has 1 aliphatic rings. The predicted molar refractivity (Wildman–Crippen MR) is 88.0 cm³/mol. The maximum absolute atomic E-state index is 12.2. The normalized spacial score (nSPS) is 16.0. The topological polar surface area (TPSA) is 35.6 Å². The van der Waals surface area contributed by atoms with E-state index in [1.54, 1.807) is 0 Å². The van der Waals surface area contributed by atoms with Gasteiger partial charge in [-0.15, -0.1) is 0 Å². The first-order chi connectivity index (χ1) is 9.74. The molecule has 0 bridgehead atoms. The van der Waals surface area contributed by atoms with Crippen LogP contribution in [-0.4, -0.2) is 42.6 Å². The summed E-state index contributed by atoms with van der Waals surface area (Å²) in [6.07, 6.45) is 0. The predicted octanol–water partition coefficient (Wildman–Crippen LogP) is 2.93. The molecule has 1 aliphatic heterocycles. The number of aryl methyl sites for hydroxylation is 2. The monoisotopic (exact) mass is 289 g/mol. The zero-order valence-corrected chi connectivity index (χ0v) is 13.9. The summed E-state index contributed by atoms with van der Waals surface area (Å²) in [6.45, 7) is 13.6. The van der Waals surface area contributed by atoms with Crippen LogP contribution in [0.15, 0.2) is 18.2 Å². The number of rotatable bonds is 1. The van der Waals surface area contributed by atoms with Crippen molar-refractivity contribution < 1.29 is 4.79 Å². The van der Waals surface area contributed by atoms with E-state index in [2.05, 4.69) is 42.3 Å². The molecule has 1 aromatic carbocycles. The second-order valence-corrected chi connectivity index (χ2v) is 7.00. The molecule has 1 N–H and O–H groups in total. The van der Waals surface area contributed by atoms with Crippen LogP contribution in [0.3, 0.4) is 0 Å². The van der Waals surface area contributed by atoms with E-state index in [0.717, 1.165) is 26.2 Å². The van der Waals surface area contributed by atoms with Gasteiger partial charge in [0.1, 0.15) is 0 Å². The highest BCUT2D eigenvalue weighted by atomic mass is 16.2. The molecule has 0 atom stereocenters. The SMILES string of the molecule is Cc1cc(C)cc(N2CCN(C(=O)NC(C)(C)C)CC2)c1. The number of nitrogens with zero attached hydrogens (tertiary/aromatic N) is 2. The van der Waals surface area contributed by atoms with Crippen LogP contribution < -0.4 is 10.2 Å². The van der Waals surface area contributed by atoms with E-state index in [-0.39, 0.29) is 11.6 Å². The molecular formula is C17H27N3O. The minimum Gasteiger partial charge on any atom is -0.368 e. The number of anilines is 1. The van der Waals surface area contributed by atoms with Gasteiger partial charge in [0, 0.05) is 37.4 Å². The van der Waals surface area contributed by atoms with Crippen LogP contribution in [0.4, 0.5) is 10.5 Å². The first-order valence-corrected chi connectivity index (χ1v) is 7.65. The first kappa shape index (κ1) is 15.7. The summed E-state index contributed by atoms with van der Waals surface area (Å²) < 4.78 is 0. The van der Waals surface area contributed by atoms with Crippen molar-refractivity contribution in [3.63, 3.8) is 0 Å². The Bertz CT molecular complexity index is 491. The second kappa shape index (κ2) is 5.96. The fourth-order valence-corrected chi connectivity index (χ4v) is 2.70. The minimum absolute atomic E-state index is 0.0440. The molecule has 0 aliphatic carbocycles. The van der Waals surface area contributed by atoms with E-state index in [0.29, 0.717) is 0 Å². The van der Waals surface area contributed by atoms with Gasteiger partial charge in [-0.05, 0) is 57.9 Å². The molecule has 1 aromatic rings.